The second-order valence-electron chi connectivity index (χ2n) is 6.43. The molecule has 27 heavy (non-hydrogen) atoms. The number of nitrogens with zero attached hydrogens (tertiary/aromatic N) is 4. The van der Waals surface area contributed by atoms with Gasteiger partial charge in [-0.2, -0.15) is 0 Å². The summed E-state index contributed by atoms with van der Waals surface area (Å²) in [5.74, 6) is 5.56. The SMILES string of the molecule is O=C(c1cnc2cc(C#Cc3ccc(F)cc3)cnc2n1)N1CCCCC1. The average Bonchev–Trinajstić information content (AvgIpc) is 2.73. The second kappa shape index (κ2) is 7.50. The smallest absolute Gasteiger partial charge is 0.274 e. The van der Waals surface area contributed by atoms with Gasteiger partial charge in [0.1, 0.15) is 17.0 Å². The number of aromatic nitrogens is 3. The number of fused-ring (bicyclic) bond motifs is 1. The number of halogens is 1. The maximum atomic E-state index is 12.9. The van der Waals surface area contributed by atoms with E-state index in [1.807, 2.05) is 4.90 Å². The molecule has 4 rings (SSSR count). The monoisotopic (exact) mass is 360 g/mol. The maximum absolute atomic E-state index is 12.9. The Labute approximate surface area is 156 Å². The van der Waals surface area contributed by atoms with E-state index in [4.69, 9.17) is 0 Å². The van der Waals surface area contributed by atoms with Gasteiger partial charge < -0.3 is 4.90 Å². The zero-order chi connectivity index (χ0) is 18.6. The fraction of sp³-hybridized carbons (Fsp3) is 0.238. The van der Waals surface area contributed by atoms with Crippen molar-refractivity contribution in [3.05, 3.63) is 65.4 Å². The lowest BCUT2D eigenvalue weighted by Gasteiger charge is -2.26. The number of pyridine rings is 1. The van der Waals surface area contributed by atoms with Crippen LogP contribution in [0.15, 0.2) is 42.7 Å². The van der Waals surface area contributed by atoms with Crippen LogP contribution in [0.25, 0.3) is 11.2 Å². The van der Waals surface area contributed by atoms with E-state index in [0.717, 1.165) is 32.4 Å². The van der Waals surface area contributed by atoms with Crippen molar-refractivity contribution in [1.29, 1.82) is 0 Å². The molecule has 6 heteroatoms. The molecular weight excluding hydrogens is 343 g/mol. The Balaban J connectivity index is 1.57. The van der Waals surface area contributed by atoms with Gasteiger partial charge in [0.15, 0.2) is 5.65 Å². The third-order valence-corrected chi connectivity index (χ3v) is 4.46. The van der Waals surface area contributed by atoms with Crippen LogP contribution >= 0.6 is 0 Å². The van der Waals surface area contributed by atoms with E-state index in [0.29, 0.717) is 28.0 Å². The Bertz CT molecular complexity index is 1050. The maximum Gasteiger partial charge on any atom is 0.274 e. The first-order valence-electron chi connectivity index (χ1n) is 8.89. The Morgan fingerprint density at radius 2 is 1.70 bits per heavy atom. The van der Waals surface area contributed by atoms with Gasteiger partial charge in [0.2, 0.25) is 0 Å². The van der Waals surface area contributed by atoms with Gasteiger partial charge in [-0.15, -0.1) is 0 Å². The number of amides is 1. The van der Waals surface area contributed by atoms with Crippen LogP contribution in [0.5, 0.6) is 0 Å². The van der Waals surface area contributed by atoms with E-state index in [2.05, 4.69) is 26.8 Å². The molecule has 0 atom stereocenters. The molecule has 3 aromatic rings. The molecule has 5 nitrogen and oxygen atoms in total. The van der Waals surface area contributed by atoms with E-state index in [1.54, 1.807) is 24.4 Å². The molecule has 0 unspecified atom stereocenters. The first-order chi connectivity index (χ1) is 13.2. The quantitative estimate of drug-likeness (QED) is 0.626. The number of rotatable bonds is 1. The molecule has 1 aliphatic heterocycles. The summed E-state index contributed by atoms with van der Waals surface area (Å²) in [6.07, 6.45) is 6.32. The predicted molar refractivity (Wildman–Crippen MR) is 99.5 cm³/mol. The van der Waals surface area contributed by atoms with E-state index in [-0.39, 0.29) is 11.7 Å². The summed E-state index contributed by atoms with van der Waals surface area (Å²) < 4.78 is 12.9. The Morgan fingerprint density at radius 1 is 0.963 bits per heavy atom. The van der Waals surface area contributed by atoms with Gasteiger partial charge in [0.05, 0.1) is 6.20 Å². The van der Waals surface area contributed by atoms with Crippen LogP contribution in [0.4, 0.5) is 4.39 Å². The number of likely N-dealkylation sites (tertiary alicyclic amines) is 1. The Morgan fingerprint density at radius 3 is 2.48 bits per heavy atom. The van der Waals surface area contributed by atoms with Crippen LogP contribution in [0, 0.1) is 17.7 Å². The molecule has 1 aliphatic rings. The van der Waals surface area contributed by atoms with Gasteiger partial charge in [-0.3, -0.25) is 9.78 Å². The Hall–Kier alpha value is -3.33. The largest absolute Gasteiger partial charge is 0.337 e. The minimum absolute atomic E-state index is 0.0916. The first-order valence-corrected chi connectivity index (χ1v) is 8.89. The number of carbonyl (C=O) groups excluding carboxylic acids is 1. The van der Waals surface area contributed by atoms with Crippen molar-refractivity contribution in [2.75, 3.05) is 13.1 Å². The van der Waals surface area contributed by atoms with Gasteiger partial charge in [0.25, 0.3) is 5.91 Å². The highest BCUT2D eigenvalue weighted by molar-refractivity contribution is 5.93. The molecule has 2 aromatic heterocycles. The molecule has 0 bridgehead atoms. The van der Waals surface area contributed by atoms with Crippen molar-refractivity contribution < 1.29 is 9.18 Å². The van der Waals surface area contributed by atoms with Crippen LogP contribution in [0.2, 0.25) is 0 Å². The summed E-state index contributed by atoms with van der Waals surface area (Å²) in [5, 5.41) is 0. The van der Waals surface area contributed by atoms with Crippen LogP contribution in [-0.4, -0.2) is 38.8 Å². The summed E-state index contributed by atoms with van der Waals surface area (Å²) in [6.45, 7) is 1.54. The lowest BCUT2D eigenvalue weighted by atomic mass is 10.1. The summed E-state index contributed by atoms with van der Waals surface area (Å²) >= 11 is 0. The molecule has 1 saturated heterocycles. The van der Waals surface area contributed by atoms with Gasteiger partial charge in [-0.1, -0.05) is 11.8 Å². The van der Waals surface area contributed by atoms with Gasteiger partial charge in [-0.25, -0.2) is 14.4 Å². The number of piperidine rings is 1. The van der Waals surface area contributed by atoms with Crippen molar-refractivity contribution in [3.63, 3.8) is 0 Å². The minimum atomic E-state index is -0.293. The molecule has 0 N–H and O–H groups in total. The van der Waals surface area contributed by atoms with Gasteiger partial charge in [-0.05, 0) is 49.6 Å². The standard InChI is InChI=1S/C21H17FN4O/c22-17-8-6-15(7-9-17)4-5-16-12-18-20(24-13-16)25-19(14-23-18)21(27)26-10-2-1-3-11-26/h6-9,12-14H,1-3,10-11H2. The third kappa shape index (κ3) is 3.93. The Kier molecular flexibility index (Phi) is 4.75. The van der Waals surface area contributed by atoms with E-state index < -0.39 is 0 Å². The van der Waals surface area contributed by atoms with E-state index >= 15 is 0 Å². The zero-order valence-corrected chi connectivity index (χ0v) is 14.7. The van der Waals surface area contributed by atoms with Crippen molar-refractivity contribution in [2.45, 2.75) is 19.3 Å². The highest BCUT2D eigenvalue weighted by atomic mass is 19.1. The molecule has 1 aromatic carbocycles. The number of benzene rings is 1. The highest BCUT2D eigenvalue weighted by Crippen LogP contribution is 2.14. The van der Waals surface area contributed by atoms with E-state index in [1.165, 1.54) is 18.3 Å². The molecule has 134 valence electrons. The fourth-order valence-corrected chi connectivity index (χ4v) is 3.01. The number of carbonyl (C=O) groups is 1. The predicted octanol–water partition coefficient (Wildman–Crippen LogP) is 3.19. The summed E-state index contributed by atoms with van der Waals surface area (Å²) in [7, 11) is 0. The summed E-state index contributed by atoms with van der Waals surface area (Å²) in [5.41, 5.74) is 2.71. The van der Waals surface area contributed by atoms with Crippen LogP contribution in [0.3, 0.4) is 0 Å². The number of hydrogen-bond acceptors (Lipinski definition) is 4. The molecule has 0 radical (unpaired) electrons. The lowest BCUT2D eigenvalue weighted by molar-refractivity contribution is 0.0718. The fourth-order valence-electron chi connectivity index (χ4n) is 3.01. The van der Waals surface area contributed by atoms with Crippen molar-refractivity contribution in [2.24, 2.45) is 0 Å². The van der Waals surface area contributed by atoms with Gasteiger partial charge in [0, 0.05) is 30.4 Å². The second-order valence-corrected chi connectivity index (χ2v) is 6.43. The normalized spacial score (nSPS) is 13.9. The molecule has 1 amide bonds. The molecular formula is C21H17FN4O. The van der Waals surface area contributed by atoms with Crippen molar-refractivity contribution in [1.82, 2.24) is 19.9 Å². The zero-order valence-electron chi connectivity index (χ0n) is 14.7. The van der Waals surface area contributed by atoms with Crippen LogP contribution in [0.1, 0.15) is 40.9 Å². The van der Waals surface area contributed by atoms with Crippen LogP contribution in [-0.2, 0) is 0 Å². The first kappa shape index (κ1) is 17.1. The van der Waals surface area contributed by atoms with Crippen molar-refractivity contribution >= 4 is 17.1 Å². The average molecular weight is 360 g/mol. The molecule has 0 saturated carbocycles. The molecule has 1 fully saturated rings. The minimum Gasteiger partial charge on any atom is -0.337 e. The summed E-state index contributed by atoms with van der Waals surface area (Å²) in [4.78, 5) is 27.3. The highest BCUT2D eigenvalue weighted by Gasteiger charge is 2.20. The van der Waals surface area contributed by atoms with Crippen molar-refractivity contribution in [3.8, 4) is 11.8 Å². The third-order valence-electron chi connectivity index (χ3n) is 4.46. The van der Waals surface area contributed by atoms with Crippen LogP contribution < -0.4 is 0 Å². The molecule has 0 spiro atoms. The number of hydrogen-bond donors (Lipinski definition) is 0. The molecule has 3 heterocycles. The van der Waals surface area contributed by atoms with Gasteiger partial charge >= 0.3 is 0 Å². The lowest BCUT2D eigenvalue weighted by Crippen LogP contribution is -2.36. The molecule has 0 aliphatic carbocycles. The summed E-state index contributed by atoms with van der Waals surface area (Å²) in [6, 6.07) is 7.76. The topological polar surface area (TPSA) is 59.0 Å². The van der Waals surface area contributed by atoms with E-state index in [9.17, 15) is 9.18 Å².